The molecule has 0 unspecified atom stereocenters. The number of hydrogen-bond acceptors (Lipinski definition) is 2. The highest BCUT2D eigenvalue weighted by Crippen LogP contribution is 2.40. The number of rotatable bonds is 5. The molecule has 0 saturated heterocycles. The van der Waals surface area contributed by atoms with Crippen LogP contribution in [0.3, 0.4) is 0 Å². The number of carboxylic acid groups (broad SMARTS) is 1. The Kier molecular flexibility index (Phi) is 5.84. The minimum absolute atomic E-state index is 0.0791. The minimum atomic E-state index is -5.20. The number of amides is 1. The first-order valence-electron chi connectivity index (χ1n) is 9.01. The smallest absolute Gasteiger partial charge is 0.417 e. The van der Waals surface area contributed by atoms with Crippen LogP contribution in [0.2, 0.25) is 0 Å². The lowest BCUT2D eigenvalue weighted by Gasteiger charge is -2.15. The third-order valence-electron chi connectivity index (χ3n) is 4.60. The maximum Gasteiger partial charge on any atom is 0.417 e. The highest BCUT2D eigenvalue weighted by Gasteiger charge is 2.42. The standard InChI is InChI=1S/C21H15F6NO3/c22-20(23,24)15-7-3-12(10-16(15)21(25,26)27)2-1-11-4-8-17(14(9-11)19(30)31)28-18(29)13-5-6-13/h1-4,7-10,13H,5-6H2,(H,28,29)(H,30,31)/b2-1+. The van der Waals surface area contributed by atoms with E-state index in [1.165, 1.54) is 24.3 Å². The number of nitrogens with one attached hydrogen (secondary N) is 1. The summed E-state index contributed by atoms with van der Waals surface area (Å²) in [4.78, 5) is 23.4. The molecule has 0 radical (unpaired) electrons. The molecule has 1 fully saturated rings. The van der Waals surface area contributed by atoms with Crippen molar-refractivity contribution >= 4 is 29.7 Å². The third-order valence-corrected chi connectivity index (χ3v) is 4.60. The van der Waals surface area contributed by atoms with E-state index in [0.29, 0.717) is 12.1 Å². The number of benzene rings is 2. The Labute approximate surface area is 172 Å². The van der Waals surface area contributed by atoms with Crippen molar-refractivity contribution in [1.29, 1.82) is 0 Å². The van der Waals surface area contributed by atoms with Gasteiger partial charge in [-0.2, -0.15) is 26.3 Å². The number of alkyl halides is 6. The van der Waals surface area contributed by atoms with Crippen LogP contribution in [-0.2, 0) is 17.1 Å². The maximum absolute atomic E-state index is 13.0. The fourth-order valence-electron chi connectivity index (χ4n) is 2.87. The molecule has 1 saturated carbocycles. The van der Waals surface area contributed by atoms with Gasteiger partial charge in [0.25, 0.3) is 0 Å². The number of halogens is 6. The number of carbonyl (C=O) groups excluding carboxylic acids is 1. The van der Waals surface area contributed by atoms with E-state index in [0.717, 1.165) is 25.0 Å². The molecule has 0 spiro atoms. The van der Waals surface area contributed by atoms with E-state index in [9.17, 15) is 41.0 Å². The topological polar surface area (TPSA) is 66.4 Å². The van der Waals surface area contributed by atoms with Gasteiger partial charge in [0.05, 0.1) is 22.4 Å². The zero-order valence-electron chi connectivity index (χ0n) is 15.6. The summed E-state index contributed by atoms with van der Waals surface area (Å²) in [6.07, 6.45) is -6.51. The molecule has 0 aliphatic heterocycles. The predicted molar refractivity (Wildman–Crippen MR) is 100 cm³/mol. The normalized spacial score (nSPS) is 14.6. The Morgan fingerprint density at radius 1 is 0.871 bits per heavy atom. The summed E-state index contributed by atoms with van der Waals surface area (Å²) >= 11 is 0. The predicted octanol–water partition coefficient (Wildman–Crippen LogP) is 5.94. The molecule has 2 aromatic rings. The van der Waals surface area contributed by atoms with Gasteiger partial charge in [0, 0.05) is 5.92 Å². The van der Waals surface area contributed by atoms with Gasteiger partial charge in [-0.1, -0.05) is 24.3 Å². The van der Waals surface area contributed by atoms with Gasteiger partial charge < -0.3 is 10.4 Å². The van der Waals surface area contributed by atoms with Gasteiger partial charge in [0.2, 0.25) is 5.91 Å². The average Bonchev–Trinajstić information content (AvgIpc) is 3.50. The number of anilines is 1. The van der Waals surface area contributed by atoms with Crippen LogP contribution in [0.25, 0.3) is 12.2 Å². The highest BCUT2D eigenvalue weighted by molar-refractivity contribution is 6.02. The monoisotopic (exact) mass is 443 g/mol. The molecule has 0 heterocycles. The third kappa shape index (κ3) is 5.44. The zero-order valence-corrected chi connectivity index (χ0v) is 15.6. The zero-order chi connectivity index (χ0) is 23.0. The van der Waals surface area contributed by atoms with Crippen molar-refractivity contribution in [3.8, 4) is 0 Å². The van der Waals surface area contributed by atoms with Gasteiger partial charge >= 0.3 is 18.3 Å². The molecule has 0 atom stereocenters. The Hall–Kier alpha value is -3.30. The minimum Gasteiger partial charge on any atom is -0.478 e. The first kappa shape index (κ1) is 22.4. The molecule has 1 aliphatic rings. The molecule has 2 N–H and O–H groups in total. The Morgan fingerprint density at radius 3 is 1.94 bits per heavy atom. The van der Waals surface area contributed by atoms with Crippen molar-refractivity contribution in [1.82, 2.24) is 0 Å². The fourth-order valence-corrected chi connectivity index (χ4v) is 2.87. The van der Waals surface area contributed by atoms with Crippen LogP contribution in [0.1, 0.15) is 45.5 Å². The molecule has 0 bridgehead atoms. The second-order valence-electron chi connectivity index (χ2n) is 7.01. The Morgan fingerprint density at radius 2 is 1.42 bits per heavy atom. The van der Waals surface area contributed by atoms with Crippen LogP contribution in [-0.4, -0.2) is 17.0 Å². The molecular formula is C21H15F6NO3. The highest BCUT2D eigenvalue weighted by atomic mass is 19.4. The summed E-state index contributed by atoms with van der Waals surface area (Å²) in [5, 5.41) is 11.9. The van der Waals surface area contributed by atoms with Crippen molar-refractivity contribution in [2.24, 2.45) is 5.92 Å². The molecule has 0 aromatic heterocycles. The van der Waals surface area contributed by atoms with E-state index in [4.69, 9.17) is 0 Å². The SMILES string of the molecule is O=C(O)c1cc(/C=C/c2ccc(C(F)(F)F)c(C(F)(F)F)c2)ccc1NC(=O)C1CC1. The Balaban J connectivity index is 1.89. The van der Waals surface area contributed by atoms with Crippen molar-refractivity contribution in [2.75, 3.05) is 5.32 Å². The van der Waals surface area contributed by atoms with Crippen molar-refractivity contribution in [2.45, 2.75) is 25.2 Å². The Bertz CT molecular complexity index is 1050. The number of aromatic carboxylic acids is 1. The maximum atomic E-state index is 13.0. The number of hydrogen-bond donors (Lipinski definition) is 2. The molecule has 1 aliphatic carbocycles. The summed E-state index contributed by atoms with van der Waals surface area (Å²) in [5.74, 6) is -1.77. The molecular weight excluding hydrogens is 428 g/mol. The molecule has 164 valence electrons. The van der Waals surface area contributed by atoms with E-state index in [2.05, 4.69) is 5.32 Å². The fraction of sp³-hybridized carbons (Fsp3) is 0.238. The lowest BCUT2D eigenvalue weighted by Crippen LogP contribution is -2.16. The second-order valence-corrected chi connectivity index (χ2v) is 7.01. The van der Waals surface area contributed by atoms with E-state index >= 15 is 0 Å². The lowest BCUT2D eigenvalue weighted by atomic mass is 10.0. The van der Waals surface area contributed by atoms with Crippen molar-refractivity contribution < 1.29 is 41.0 Å². The lowest BCUT2D eigenvalue weighted by molar-refractivity contribution is -0.162. The molecule has 4 nitrogen and oxygen atoms in total. The quantitative estimate of drug-likeness (QED) is 0.444. The van der Waals surface area contributed by atoms with Crippen LogP contribution >= 0.6 is 0 Å². The van der Waals surface area contributed by atoms with Gasteiger partial charge in [-0.3, -0.25) is 4.79 Å². The summed E-state index contributed by atoms with van der Waals surface area (Å²) in [6, 6.07) is 5.59. The van der Waals surface area contributed by atoms with E-state index in [1.54, 1.807) is 0 Å². The first-order valence-corrected chi connectivity index (χ1v) is 9.01. The van der Waals surface area contributed by atoms with Crippen LogP contribution in [0, 0.1) is 5.92 Å². The average molecular weight is 443 g/mol. The molecule has 10 heteroatoms. The van der Waals surface area contributed by atoms with Crippen molar-refractivity contribution in [3.05, 3.63) is 64.2 Å². The van der Waals surface area contributed by atoms with Gasteiger partial charge in [0.15, 0.2) is 0 Å². The summed E-state index contributed by atoms with van der Waals surface area (Å²) in [6.45, 7) is 0. The summed E-state index contributed by atoms with van der Waals surface area (Å²) in [7, 11) is 0. The van der Waals surface area contributed by atoms with E-state index in [-0.39, 0.29) is 34.2 Å². The molecule has 31 heavy (non-hydrogen) atoms. The van der Waals surface area contributed by atoms with Crippen molar-refractivity contribution in [3.63, 3.8) is 0 Å². The largest absolute Gasteiger partial charge is 0.478 e. The number of carboxylic acids is 1. The molecule has 1 amide bonds. The second kappa shape index (κ2) is 8.09. The first-order chi connectivity index (χ1) is 14.4. The van der Waals surface area contributed by atoms with Crippen LogP contribution in [0.4, 0.5) is 32.0 Å². The number of carbonyl (C=O) groups is 2. The van der Waals surface area contributed by atoms with E-state index < -0.39 is 29.4 Å². The van der Waals surface area contributed by atoms with Crippen LogP contribution in [0.5, 0.6) is 0 Å². The molecule has 2 aromatic carbocycles. The summed E-state index contributed by atoms with van der Waals surface area (Å²) < 4.78 is 77.7. The van der Waals surface area contributed by atoms with Crippen LogP contribution < -0.4 is 5.32 Å². The summed E-state index contributed by atoms with van der Waals surface area (Å²) in [5.41, 5.74) is -3.62. The van der Waals surface area contributed by atoms with E-state index in [1.807, 2.05) is 0 Å². The van der Waals surface area contributed by atoms with Gasteiger partial charge in [-0.15, -0.1) is 0 Å². The van der Waals surface area contributed by atoms with Gasteiger partial charge in [-0.05, 0) is 48.2 Å². The molecule has 3 rings (SSSR count). The van der Waals surface area contributed by atoms with Gasteiger partial charge in [-0.25, -0.2) is 4.79 Å². The van der Waals surface area contributed by atoms with Gasteiger partial charge in [0.1, 0.15) is 0 Å². The van der Waals surface area contributed by atoms with Crippen LogP contribution in [0.15, 0.2) is 36.4 Å².